The maximum absolute atomic E-state index is 13.4. The number of carbonyl (C=O) groups excluding carboxylic acids is 1. The van der Waals surface area contributed by atoms with Gasteiger partial charge in [0.25, 0.3) is 5.91 Å². The molecule has 0 spiro atoms. The van der Waals surface area contributed by atoms with Crippen molar-refractivity contribution in [3.8, 4) is 5.75 Å². The molecular formula is C20H22ClFN2O6S. The number of rotatable bonds is 5. The van der Waals surface area contributed by atoms with Crippen molar-refractivity contribution in [2.45, 2.75) is 24.0 Å². The monoisotopic (exact) mass is 472 g/mol. The molecule has 2 atom stereocenters. The second-order valence-corrected chi connectivity index (χ2v) is 9.33. The Bertz CT molecular complexity index is 1080. The van der Waals surface area contributed by atoms with Gasteiger partial charge in [-0.05, 0) is 43.3 Å². The normalized spacial score (nSPS) is 20.2. The zero-order chi connectivity index (χ0) is 22.8. The van der Waals surface area contributed by atoms with Crippen LogP contribution in [0.2, 0.25) is 5.02 Å². The van der Waals surface area contributed by atoms with Gasteiger partial charge in [0.15, 0.2) is 0 Å². The van der Waals surface area contributed by atoms with Crippen LogP contribution in [0.4, 0.5) is 10.1 Å². The van der Waals surface area contributed by atoms with E-state index in [0.717, 1.165) is 10.4 Å². The van der Waals surface area contributed by atoms with E-state index in [-0.39, 0.29) is 46.7 Å². The number of carbonyl (C=O) groups is 1. The summed E-state index contributed by atoms with van der Waals surface area (Å²) in [5, 5.41) is 12.4. The summed E-state index contributed by atoms with van der Waals surface area (Å²) in [5.74, 6) is -1.20. The van der Waals surface area contributed by atoms with E-state index in [9.17, 15) is 22.7 Å². The zero-order valence-corrected chi connectivity index (χ0v) is 18.4. The topological polar surface area (TPSA) is 105 Å². The average Bonchev–Trinajstić information content (AvgIpc) is 2.91. The third kappa shape index (κ3) is 5.16. The summed E-state index contributed by atoms with van der Waals surface area (Å²) < 4.78 is 51.7. The third-order valence-electron chi connectivity index (χ3n) is 4.74. The quantitative estimate of drug-likeness (QED) is 0.692. The van der Waals surface area contributed by atoms with Crippen molar-refractivity contribution in [2.75, 3.05) is 32.2 Å². The Balaban J connectivity index is 1.95. The summed E-state index contributed by atoms with van der Waals surface area (Å²) in [5.41, 5.74) is 0.289. The lowest BCUT2D eigenvalue weighted by Gasteiger charge is -2.27. The minimum Gasteiger partial charge on any atom is -0.495 e. The highest BCUT2D eigenvalue weighted by Gasteiger charge is 2.35. The molecule has 31 heavy (non-hydrogen) atoms. The van der Waals surface area contributed by atoms with Crippen LogP contribution in [0, 0.1) is 5.82 Å². The number of aliphatic hydroxyl groups excluding tert-OH is 1. The largest absolute Gasteiger partial charge is 0.495 e. The van der Waals surface area contributed by atoms with Crippen LogP contribution in [0.5, 0.6) is 5.75 Å². The molecule has 8 nitrogen and oxygen atoms in total. The molecule has 0 aromatic heterocycles. The van der Waals surface area contributed by atoms with Gasteiger partial charge in [-0.25, -0.2) is 12.8 Å². The number of halogens is 2. The van der Waals surface area contributed by atoms with Gasteiger partial charge in [0.1, 0.15) is 16.5 Å². The lowest BCUT2D eigenvalue weighted by molar-refractivity contribution is 0.0551. The van der Waals surface area contributed by atoms with E-state index in [4.69, 9.17) is 21.1 Å². The number of aliphatic hydroxyl groups is 1. The van der Waals surface area contributed by atoms with Crippen molar-refractivity contribution in [1.82, 2.24) is 4.31 Å². The molecule has 2 N–H and O–H groups in total. The molecule has 0 aliphatic carbocycles. The van der Waals surface area contributed by atoms with E-state index >= 15 is 0 Å². The Kier molecular flexibility index (Phi) is 7.17. The molecule has 0 saturated carbocycles. The van der Waals surface area contributed by atoms with Crippen LogP contribution < -0.4 is 10.1 Å². The Labute approximate surface area is 184 Å². The van der Waals surface area contributed by atoms with Gasteiger partial charge in [-0.2, -0.15) is 4.31 Å². The Morgan fingerprint density at radius 2 is 2.03 bits per heavy atom. The molecule has 2 aromatic carbocycles. The van der Waals surface area contributed by atoms with Crippen molar-refractivity contribution in [1.29, 1.82) is 0 Å². The predicted octanol–water partition coefficient (Wildman–Crippen LogP) is 2.51. The first-order valence-corrected chi connectivity index (χ1v) is 11.2. The van der Waals surface area contributed by atoms with E-state index in [1.54, 1.807) is 6.92 Å². The average molecular weight is 473 g/mol. The summed E-state index contributed by atoms with van der Waals surface area (Å²) >= 11 is 5.73. The molecule has 0 radical (unpaired) electrons. The highest BCUT2D eigenvalue weighted by molar-refractivity contribution is 7.89. The molecular weight excluding hydrogens is 451 g/mol. The number of anilines is 1. The molecule has 2 aromatic rings. The van der Waals surface area contributed by atoms with Gasteiger partial charge < -0.3 is 19.9 Å². The van der Waals surface area contributed by atoms with Gasteiger partial charge in [-0.1, -0.05) is 11.6 Å². The fourth-order valence-corrected chi connectivity index (χ4v) is 5.17. The van der Waals surface area contributed by atoms with Crippen molar-refractivity contribution >= 4 is 33.2 Å². The van der Waals surface area contributed by atoms with E-state index < -0.39 is 33.9 Å². The standard InChI is InChI=1S/C20H22ClFN2O6S/c1-12-10-30-11-15(25)9-24(12)31(27,28)19-7-13(3-6-18(19)29-2)20(26)23-14-4-5-17(22)16(21)8-14/h3-8,12,15,25H,9-11H2,1-2H3,(H,23,26). The predicted molar refractivity (Wildman–Crippen MR) is 113 cm³/mol. The molecule has 168 valence electrons. The number of methoxy groups -OCH3 is 1. The highest BCUT2D eigenvalue weighted by Crippen LogP contribution is 2.30. The number of hydrogen-bond donors (Lipinski definition) is 2. The van der Waals surface area contributed by atoms with E-state index in [2.05, 4.69) is 5.32 Å². The van der Waals surface area contributed by atoms with Gasteiger partial charge in [0.2, 0.25) is 10.0 Å². The second-order valence-electron chi connectivity index (χ2n) is 7.06. The first-order chi connectivity index (χ1) is 14.6. The molecule has 3 rings (SSSR count). The zero-order valence-electron chi connectivity index (χ0n) is 16.8. The molecule has 11 heteroatoms. The smallest absolute Gasteiger partial charge is 0.255 e. The first-order valence-electron chi connectivity index (χ1n) is 9.35. The van der Waals surface area contributed by atoms with Gasteiger partial charge in [-0.15, -0.1) is 0 Å². The first kappa shape index (κ1) is 23.4. The summed E-state index contributed by atoms with van der Waals surface area (Å²) in [4.78, 5) is 12.5. The van der Waals surface area contributed by atoms with E-state index in [1.807, 2.05) is 0 Å². The van der Waals surface area contributed by atoms with Crippen LogP contribution in [-0.4, -0.2) is 62.8 Å². The number of β-amino-alcohol motifs (C(OH)–C–C–N with tert-alkyl or cyclic N) is 1. The van der Waals surface area contributed by atoms with Crippen LogP contribution in [0.3, 0.4) is 0 Å². The molecule has 0 bridgehead atoms. The molecule has 1 aliphatic heterocycles. The van der Waals surface area contributed by atoms with Crippen molar-refractivity contribution in [2.24, 2.45) is 0 Å². The summed E-state index contributed by atoms with van der Waals surface area (Å²) in [7, 11) is -2.82. The SMILES string of the molecule is COc1ccc(C(=O)Nc2ccc(F)c(Cl)c2)cc1S(=O)(=O)N1CC(O)COCC1C. The van der Waals surface area contributed by atoms with Gasteiger partial charge >= 0.3 is 0 Å². The van der Waals surface area contributed by atoms with Gasteiger partial charge in [-0.3, -0.25) is 4.79 Å². The number of ether oxygens (including phenoxy) is 2. The lowest BCUT2D eigenvalue weighted by atomic mass is 10.2. The lowest BCUT2D eigenvalue weighted by Crippen LogP contribution is -2.43. The van der Waals surface area contributed by atoms with Gasteiger partial charge in [0, 0.05) is 23.8 Å². The van der Waals surface area contributed by atoms with E-state index in [0.29, 0.717) is 0 Å². The number of amides is 1. The number of nitrogens with zero attached hydrogens (tertiary/aromatic N) is 1. The van der Waals surface area contributed by atoms with Gasteiger partial charge in [0.05, 0.1) is 31.5 Å². The number of benzene rings is 2. The Morgan fingerprint density at radius 3 is 2.71 bits per heavy atom. The second kappa shape index (κ2) is 9.49. The fraction of sp³-hybridized carbons (Fsp3) is 0.350. The molecule has 1 heterocycles. The highest BCUT2D eigenvalue weighted by atomic mass is 35.5. The summed E-state index contributed by atoms with van der Waals surface area (Å²) in [6.45, 7) is 1.65. The van der Waals surface area contributed by atoms with Crippen LogP contribution in [0.25, 0.3) is 0 Å². The molecule has 2 unspecified atom stereocenters. The van der Waals surface area contributed by atoms with Crippen LogP contribution in [0.15, 0.2) is 41.3 Å². The molecule has 1 amide bonds. The number of nitrogens with one attached hydrogen (secondary N) is 1. The minimum atomic E-state index is -4.13. The Hall–Kier alpha value is -2.24. The molecule has 1 aliphatic rings. The maximum atomic E-state index is 13.4. The van der Waals surface area contributed by atoms with Crippen LogP contribution >= 0.6 is 11.6 Å². The van der Waals surface area contributed by atoms with Crippen molar-refractivity contribution < 1.29 is 32.2 Å². The molecule has 1 fully saturated rings. The third-order valence-corrected chi connectivity index (χ3v) is 7.03. The van der Waals surface area contributed by atoms with Crippen LogP contribution in [0.1, 0.15) is 17.3 Å². The summed E-state index contributed by atoms with van der Waals surface area (Å²) in [6, 6.07) is 7.12. The van der Waals surface area contributed by atoms with Crippen LogP contribution in [-0.2, 0) is 14.8 Å². The van der Waals surface area contributed by atoms with Crippen molar-refractivity contribution in [3.05, 3.63) is 52.8 Å². The van der Waals surface area contributed by atoms with Crippen molar-refractivity contribution in [3.63, 3.8) is 0 Å². The number of sulfonamides is 1. The minimum absolute atomic E-state index is 0.0240. The maximum Gasteiger partial charge on any atom is 0.255 e. The summed E-state index contributed by atoms with van der Waals surface area (Å²) in [6.07, 6.45) is -0.986. The fourth-order valence-electron chi connectivity index (χ4n) is 3.16. The Morgan fingerprint density at radius 1 is 1.29 bits per heavy atom. The number of hydrogen-bond acceptors (Lipinski definition) is 6. The van der Waals surface area contributed by atoms with E-state index in [1.165, 1.54) is 37.4 Å². The molecule has 1 saturated heterocycles.